The van der Waals surface area contributed by atoms with Crippen LogP contribution in [0.1, 0.15) is 26.2 Å². The third kappa shape index (κ3) is 7.42. The Labute approximate surface area is 76.6 Å². The number of aldehydes is 1. The summed E-state index contributed by atoms with van der Waals surface area (Å²) in [5, 5.41) is 7.98. The molecule has 0 spiro atoms. The fraction of sp³-hybridized carbons (Fsp3) is 0.750. The van der Waals surface area contributed by atoms with Crippen molar-refractivity contribution in [2.45, 2.75) is 32.3 Å². The molecular weight excluding hydrogens is 176 g/mol. The average molecular weight is 190 g/mol. The van der Waals surface area contributed by atoms with Crippen LogP contribution in [-0.4, -0.2) is 30.2 Å². The second-order valence-corrected chi connectivity index (χ2v) is 2.61. The minimum absolute atomic E-state index is 0.228. The molecule has 76 valence electrons. The van der Waals surface area contributed by atoms with E-state index < -0.39 is 12.1 Å². The van der Waals surface area contributed by atoms with E-state index in [0.29, 0.717) is 25.5 Å². The van der Waals surface area contributed by atoms with Gasteiger partial charge in [-0.15, -0.1) is 0 Å². The number of carbonyl (C=O) groups is 2. The van der Waals surface area contributed by atoms with E-state index in [1.54, 1.807) is 0 Å². The molecule has 13 heavy (non-hydrogen) atoms. The van der Waals surface area contributed by atoms with Gasteiger partial charge in [-0.3, -0.25) is 14.8 Å². The molecule has 0 rings (SSSR count). The first kappa shape index (κ1) is 12.1. The molecule has 0 saturated carbocycles. The Hall–Kier alpha value is -0.940. The molecule has 0 radical (unpaired) electrons. The van der Waals surface area contributed by atoms with Crippen LogP contribution in [-0.2, 0) is 19.2 Å². The summed E-state index contributed by atoms with van der Waals surface area (Å²) < 4.78 is 4.67. The van der Waals surface area contributed by atoms with E-state index in [4.69, 9.17) is 5.26 Å². The van der Waals surface area contributed by atoms with Crippen molar-refractivity contribution in [3.05, 3.63) is 0 Å². The van der Waals surface area contributed by atoms with Gasteiger partial charge in [0.05, 0.1) is 6.61 Å². The van der Waals surface area contributed by atoms with Crippen LogP contribution in [0.25, 0.3) is 0 Å². The van der Waals surface area contributed by atoms with E-state index in [-0.39, 0.29) is 6.61 Å². The van der Waals surface area contributed by atoms with Gasteiger partial charge in [-0.25, -0.2) is 4.89 Å². The van der Waals surface area contributed by atoms with E-state index >= 15 is 0 Å². The predicted octanol–water partition coefficient (Wildman–Crippen LogP) is 0.777. The number of hydrogen-bond acceptors (Lipinski definition) is 5. The zero-order valence-corrected chi connectivity index (χ0v) is 7.56. The standard InChI is InChI=1S/C8H14O5/c1-7(10)13-8(6-9)4-2-3-5-12-11/h6,8,11H,2-5H2,1H3. The molecule has 0 bridgehead atoms. The molecule has 0 aromatic rings. The van der Waals surface area contributed by atoms with Crippen molar-refractivity contribution in [3.8, 4) is 0 Å². The van der Waals surface area contributed by atoms with Crippen molar-refractivity contribution < 1.29 is 24.5 Å². The van der Waals surface area contributed by atoms with Crippen LogP contribution < -0.4 is 0 Å². The molecule has 5 heteroatoms. The third-order valence-electron chi connectivity index (χ3n) is 1.44. The molecule has 0 saturated heterocycles. The summed E-state index contributed by atoms with van der Waals surface area (Å²) in [6.45, 7) is 1.49. The van der Waals surface area contributed by atoms with Gasteiger partial charge in [-0.2, -0.15) is 0 Å². The highest BCUT2D eigenvalue weighted by atomic mass is 17.1. The highest BCUT2D eigenvalue weighted by Crippen LogP contribution is 2.03. The Kier molecular flexibility index (Phi) is 7.14. The van der Waals surface area contributed by atoms with Gasteiger partial charge in [0, 0.05) is 6.92 Å². The first-order valence-corrected chi connectivity index (χ1v) is 4.09. The first-order chi connectivity index (χ1) is 6.20. The van der Waals surface area contributed by atoms with Gasteiger partial charge < -0.3 is 4.74 Å². The number of esters is 1. The van der Waals surface area contributed by atoms with Gasteiger partial charge in [0.1, 0.15) is 0 Å². The van der Waals surface area contributed by atoms with Crippen LogP contribution in [0.5, 0.6) is 0 Å². The Bertz CT molecular complexity index is 157. The Morgan fingerprint density at radius 3 is 2.69 bits per heavy atom. The maximum absolute atomic E-state index is 10.5. The molecule has 0 aromatic heterocycles. The van der Waals surface area contributed by atoms with Gasteiger partial charge in [0.15, 0.2) is 12.4 Å². The minimum atomic E-state index is -0.670. The smallest absolute Gasteiger partial charge is 0.303 e. The second-order valence-electron chi connectivity index (χ2n) is 2.61. The van der Waals surface area contributed by atoms with Gasteiger partial charge in [0.2, 0.25) is 0 Å². The lowest BCUT2D eigenvalue weighted by Crippen LogP contribution is -2.17. The molecule has 1 unspecified atom stereocenters. The summed E-state index contributed by atoms with van der Waals surface area (Å²) in [5.41, 5.74) is 0. The zero-order chi connectivity index (χ0) is 10.1. The molecule has 0 aliphatic carbocycles. The quantitative estimate of drug-likeness (QED) is 0.211. The normalized spacial score (nSPS) is 12.2. The minimum Gasteiger partial charge on any atom is -0.455 e. The van der Waals surface area contributed by atoms with E-state index in [1.807, 2.05) is 0 Å². The Balaban J connectivity index is 3.48. The first-order valence-electron chi connectivity index (χ1n) is 4.09. The van der Waals surface area contributed by atoms with Gasteiger partial charge >= 0.3 is 5.97 Å². The van der Waals surface area contributed by atoms with Crippen molar-refractivity contribution in [2.75, 3.05) is 6.61 Å². The highest BCUT2D eigenvalue weighted by molar-refractivity contribution is 5.69. The Morgan fingerprint density at radius 1 is 1.54 bits per heavy atom. The molecule has 1 N–H and O–H groups in total. The number of rotatable bonds is 7. The van der Waals surface area contributed by atoms with Crippen LogP contribution in [0.4, 0.5) is 0 Å². The lowest BCUT2D eigenvalue weighted by atomic mass is 10.2. The van der Waals surface area contributed by atoms with Crippen molar-refractivity contribution in [1.29, 1.82) is 0 Å². The van der Waals surface area contributed by atoms with E-state index in [1.165, 1.54) is 6.92 Å². The molecule has 0 fully saturated rings. The molecule has 0 aliphatic heterocycles. The van der Waals surface area contributed by atoms with Crippen LogP contribution in [0.2, 0.25) is 0 Å². The maximum atomic E-state index is 10.5. The van der Waals surface area contributed by atoms with Gasteiger partial charge in [-0.1, -0.05) is 0 Å². The summed E-state index contributed by atoms with van der Waals surface area (Å²) in [4.78, 5) is 24.6. The van der Waals surface area contributed by atoms with E-state index in [2.05, 4.69) is 9.62 Å². The molecule has 5 nitrogen and oxygen atoms in total. The number of unbranched alkanes of at least 4 members (excludes halogenated alkanes) is 1. The van der Waals surface area contributed by atoms with Gasteiger partial charge in [0.25, 0.3) is 0 Å². The van der Waals surface area contributed by atoms with Crippen LogP contribution >= 0.6 is 0 Å². The topological polar surface area (TPSA) is 72.8 Å². The average Bonchev–Trinajstić information content (AvgIpc) is 2.09. The lowest BCUT2D eigenvalue weighted by molar-refractivity contribution is -0.242. The number of ether oxygens (including phenoxy) is 1. The van der Waals surface area contributed by atoms with E-state index in [9.17, 15) is 9.59 Å². The summed E-state index contributed by atoms with van der Waals surface area (Å²) in [6.07, 6.45) is 1.68. The SMILES string of the molecule is CC(=O)OC(C=O)CCCCOO. The van der Waals surface area contributed by atoms with Crippen molar-refractivity contribution >= 4 is 12.3 Å². The largest absolute Gasteiger partial charge is 0.455 e. The zero-order valence-electron chi connectivity index (χ0n) is 7.56. The van der Waals surface area contributed by atoms with Crippen LogP contribution in [0.15, 0.2) is 0 Å². The fourth-order valence-corrected chi connectivity index (χ4v) is 0.880. The molecule has 0 aliphatic rings. The van der Waals surface area contributed by atoms with Crippen LogP contribution in [0.3, 0.4) is 0 Å². The third-order valence-corrected chi connectivity index (χ3v) is 1.44. The predicted molar refractivity (Wildman–Crippen MR) is 44.0 cm³/mol. The second kappa shape index (κ2) is 7.70. The Morgan fingerprint density at radius 2 is 2.23 bits per heavy atom. The molecule has 0 aromatic carbocycles. The lowest BCUT2D eigenvalue weighted by Gasteiger charge is -2.09. The summed E-state index contributed by atoms with van der Waals surface area (Å²) in [7, 11) is 0. The van der Waals surface area contributed by atoms with Crippen molar-refractivity contribution in [2.24, 2.45) is 0 Å². The molecule has 1 atom stereocenters. The van der Waals surface area contributed by atoms with Gasteiger partial charge in [-0.05, 0) is 19.3 Å². The number of hydrogen-bond donors (Lipinski definition) is 1. The highest BCUT2D eigenvalue weighted by Gasteiger charge is 2.09. The van der Waals surface area contributed by atoms with Crippen molar-refractivity contribution in [1.82, 2.24) is 0 Å². The molecular formula is C8H14O5. The summed E-state index contributed by atoms with van der Waals surface area (Å²) >= 11 is 0. The van der Waals surface area contributed by atoms with Crippen LogP contribution in [0, 0.1) is 0 Å². The van der Waals surface area contributed by atoms with Crippen molar-refractivity contribution in [3.63, 3.8) is 0 Å². The maximum Gasteiger partial charge on any atom is 0.303 e. The number of carbonyl (C=O) groups excluding carboxylic acids is 2. The summed E-state index contributed by atoms with van der Waals surface area (Å²) in [5.74, 6) is -0.462. The fourth-order valence-electron chi connectivity index (χ4n) is 0.880. The molecule has 0 heterocycles. The van der Waals surface area contributed by atoms with E-state index in [0.717, 1.165) is 0 Å². The molecule has 0 amide bonds. The summed E-state index contributed by atoms with van der Waals surface area (Å²) in [6, 6.07) is 0. The monoisotopic (exact) mass is 190 g/mol.